The lowest BCUT2D eigenvalue weighted by Gasteiger charge is -2.18. The number of fused-ring (bicyclic) bond motifs is 2. The van der Waals surface area contributed by atoms with Gasteiger partial charge < -0.3 is 4.42 Å². The molecule has 0 spiro atoms. The molecule has 4 heteroatoms. The topological polar surface area (TPSA) is 34.8 Å². The molecule has 0 atom stereocenters. The van der Waals surface area contributed by atoms with Crippen LogP contribution in [0, 0.1) is 6.92 Å². The minimum absolute atomic E-state index is 0.372. The summed E-state index contributed by atoms with van der Waals surface area (Å²) in [7, 11) is 2.16. The van der Waals surface area contributed by atoms with Gasteiger partial charge in [-0.1, -0.05) is 82.3 Å². The number of imidazole rings is 1. The lowest BCUT2D eigenvalue weighted by atomic mass is 9.92. The molecule has 0 aliphatic rings. The van der Waals surface area contributed by atoms with E-state index in [4.69, 9.17) is 9.40 Å². The molecular weight excluding hydrogens is 466 g/mol. The molecule has 0 saturated heterocycles. The summed E-state index contributed by atoms with van der Waals surface area (Å²) in [5.41, 5.74) is 11.2. The maximum absolute atomic E-state index is 6.33. The molecule has 38 heavy (non-hydrogen) atoms. The third kappa shape index (κ3) is 3.75. The third-order valence-electron chi connectivity index (χ3n) is 7.59. The van der Waals surface area contributed by atoms with E-state index in [9.17, 15) is 0 Å². The van der Waals surface area contributed by atoms with Crippen LogP contribution in [0.1, 0.15) is 56.2 Å². The summed E-state index contributed by atoms with van der Waals surface area (Å²) in [6.07, 6.45) is 0. The molecule has 0 saturated carbocycles. The first-order valence-corrected chi connectivity index (χ1v) is 13.5. The smallest absolute Gasteiger partial charge is 0.297 e. The van der Waals surface area contributed by atoms with Crippen molar-refractivity contribution in [2.45, 2.75) is 46.5 Å². The highest BCUT2D eigenvalue weighted by atomic mass is 16.3. The molecule has 0 aliphatic carbocycles. The fourth-order valence-corrected chi connectivity index (χ4v) is 5.67. The van der Waals surface area contributed by atoms with Gasteiger partial charge in [-0.3, -0.25) is 0 Å². The van der Waals surface area contributed by atoms with Gasteiger partial charge in [-0.2, -0.15) is 4.57 Å². The van der Waals surface area contributed by atoms with Gasteiger partial charge in [0.25, 0.3) is 5.82 Å². The molecule has 6 rings (SSSR count). The summed E-state index contributed by atoms with van der Waals surface area (Å²) in [6, 6.07) is 29.8. The maximum atomic E-state index is 6.33. The van der Waals surface area contributed by atoms with Crippen molar-refractivity contribution in [3.8, 4) is 28.5 Å². The second-order valence-corrected chi connectivity index (χ2v) is 10.8. The molecule has 2 heterocycles. The monoisotopic (exact) mass is 500 g/mol. The standard InChI is InChI=1S/C34H34N3O/c1-21(2)25-15-12-16-26(22(3)4)32(25)37-28-18-11-10-17-27(28)36(6)34(37)30-23(5)19-20-29-31(30)35-33(38-29)24-13-8-7-9-14-24/h7-22H,1-6H3/q+1. The minimum atomic E-state index is 0.372. The Kier molecular flexibility index (Phi) is 5.91. The maximum Gasteiger partial charge on any atom is 0.297 e. The van der Waals surface area contributed by atoms with Gasteiger partial charge in [-0.05, 0) is 54.7 Å². The van der Waals surface area contributed by atoms with Crippen molar-refractivity contribution in [3.05, 3.63) is 102 Å². The quantitative estimate of drug-likeness (QED) is 0.222. The molecule has 4 nitrogen and oxygen atoms in total. The summed E-state index contributed by atoms with van der Waals surface area (Å²) >= 11 is 0. The molecule has 4 aromatic carbocycles. The van der Waals surface area contributed by atoms with Gasteiger partial charge >= 0.3 is 0 Å². The molecule has 0 unspecified atom stereocenters. The second kappa shape index (κ2) is 9.29. The van der Waals surface area contributed by atoms with E-state index < -0.39 is 0 Å². The molecule has 2 aromatic heterocycles. The fourth-order valence-electron chi connectivity index (χ4n) is 5.67. The molecule has 6 aromatic rings. The van der Waals surface area contributed by atoms with Crippen molar-refractivity contribution in [2.24, 2.45) is 7.05 Å². The fraction of sp³-hybridized carbons (Fsp3) is 0.235. The second-order valence-electron chi connectivity index (χ2n) is 10.8. The lowest BCUT2D eigenvalue weighted by Crippen LogP contribution is -2.30. The highest BCUT2D eigenvalue weighted by molar-refractivity contribution is 5.94. The van der Waals surface area contributed by atoms with Crippen LogP contribution in [-0.4, -0.2) is 9.55 Å². The molecule has 0 fully saturated rings. The Morgan fingerprint density at radius 3 is 2.11 bits per heavy atom. The van der Waals surface area contributed by atoms with Gasteiger partial charge in [0, 0.05) is 16.7 Å². The Labute approximate surface area is 224 Å². The zero-order valence-electron chi connectivity index (χ0n) is 23.0. The Bertz CT molecular complexity index is 1760. The number of hydrogen-bond acceptors (Lipinski definition) is 2. The first-order chi connectivity index (χ1) is 18.4. The van der Waals surface area contributed by atoms with Crippen LogP contribution in [0.15, 0.2) is 89.3 Å². The van der Waals surface area contributed by atoms with E-state index in [1.165, 1.54) is 27.8 Å². The van der Waals surface area contributed by atoms with Gasteiger partial charge in [-0.15, -0.1) is 0 Å². The average molecular weight is 501 g/mol. The first-order valence-electron chi connectivity index (χ1n) is 13.5. The largest absolute Gasteiger partial charge is 0.436 e. The van der Waals surface area contributed by atoms with Gasteiger partial charge in [0.2, 0.25) is 5.89 Å². The van der Waals surface area contributed by atoms with E-state index in [1.54, 1.807) is 0 Å². The van der Waals surface area contributed by atoms with E-state index in [0.29, 0.717) is 17.7 Å². The highest BCUT2D eigenvalue weighted by Crippen LogP contribution is 2.39. The van der Waals surface area contributed by atoms with Gasteiger partial charge in [-0.25, -0.2) is 9.55 Å². The van der Waals surface area contributed by atoms with Gasteiger partial charge in [0.1, 0.15) is 11.2 Å². The van der Waals surface area contributed by atoms with E-state index in [0.717, 1.165) is 33.6 Å². The number of aromatic nitrogens is 3. The summed E-state index contributed by atoms with van der Waals surface area (Å²) in [5.74, 6) is 2.49. The van der Waals surface area contributed by atoms with E-state index >= 15 is 0 Å². The van der Waals surface area contributed by atoms with Crippen molar-refractivity contribution in [1.82, 2.24) is 9.55 Å². The predicted molar refractivity (Wildman–Crippen MR) is 156 cm³/mol. The molecule has 0 amide bonds. The van der Waals surface area contributed by atoms with Crippen LogP contribution >= 0.6 is 0 Å². The van der Waals surface area contributed by atoms with Crippen LogP contribution in [0.25, 0.3) is 50.7 Å². The highest BCUT2D eigenvalue weighted by Gasteiger charge is 2.33. The molecular formula is C34H34N3O+. The van der Waals surface area contributed by atoms with Gasteiger partial charge in [0.05, 0.1) is 12.6 Å². The van der Waals surface area contributed by atoms with Crippen molar-refractivity contribution < 1.29 is 8.98 Å². The SMILES string of the molecule is Cc1ccc2oc(-c3ccccc3)nc2c1-c1n(-c2c(C(C)C)cccc2C(C)C)c2ccccc2[n+]1C. The molecule has 0 aliphatic heterocycles. The van der Waals surface area contributed by atoms with E-state index in [1.807, 2.05) is 36.4 Å². The van der Waals surface area contributed by atoms with Crippen molar-refractivity contribution in [3.63, 3.8) is 0 Å². The summed E-state index contributed by atoms with van der Waals surface area (Å²) in [6.45, 7) is 11.3. The lowest BCUT2D eigenvalue weighted by molar-refractivity contribution is -0.633. The summed E-state index contributed by atoms with van der Waals surface area (Å²) in [5, 5.41) is 0. The Balaban J connectivity index is 1.76. The molecule has 0 bridgehead atoms. The number of oxazole rings is 1. The van der Waals surface area contributed by atoms with Crippen LogP contribution < -0.4 is 4.57 Å². The molecule has 190 valence electrons. The zero-order chi connectivity index (χ0) is 26.6. The summed E-state index contributed by atoms with van der Waals surface area (Å²) < 4.78 is 11.1. The van der Waals surface area contributed by atoms with Crippen LogP contribution in [0.3, 0.4) is 0 Å². The number of nitrogens with zero attached hydrogens (tertiary/aromatic N) is 3. The minimum Gasteiger partial charge on any atom is -0.436 e. The van der Waals surface area contributed by atoms with Crippen molar-refractivity contribution in [2.75, 3.05) is 0 Å². The Hall–Kier alpha value is -4.18. The normalized spacial score (nSPS) is 11.9. The molecule has 0 radical (unpaired) electrons. The van der Waals surface area contributed by atoms with Crippen LogP contribution in [0.5, 0.6) is 0 Å². The Morgan fingerprint density at radius 1 is 0.763 bits per heavy atom. The van der Waals surface area contributed by atoms with E-state index in [2.05, 4.69) is 99.3 Å². The van der Waals surface area contributed by atoms with Crippen molar-refractivity contribution >= 4 is 22.1 Å². The number of aryl methyl sites for hydroxylation is 2. The first kappa shape index (κ1) is 24.2. The number of para-hydroxylation sites is 3. The zero-order valence-corrected chi connectivity index (χ0v) is 23.0. The number of rotatable bonds is 5. The van der Waals surface area contributed by atoms with Gasteiger partial charge in [0.15, 0.2) is 16.6 Å². The predicted octanol–water partition coefficient (Wildman–Crippen LogP) is 8.49. The van der Waals surface area contributed by atoms with Crippen LogP contribution in [-0.2, 0) is 7.05 Å². The van der Waals surface area contributed by atoms with Crippen molar-refractivity contribution in [1.29, 1.82) is 0 Å². The number of hydrogen-bond donors (Lipinski definition) is 0. The Morgan fingerprint density at radius 2 is 1.42 bits per heavy atom. The summed E-state index contributed by atoms with van der Waals surface area (Å²) in [4.78, 5) is 5.09. The molecule has 0 N–H and O–H groups in total. The van der Waals surface area contributed by atoms with Crippen LogP contribution in [0.2, 0.25) is 0 Å². The van der Waals surface area contributed by atoms with Crippen LogP contribution in [0.4, 0.5) is 0 Å². The number of benzene rings is 4. The average Bonchev–Trinajstić information content (AvgIpc) is 3.48. The third-order valence-corrected chi connectivity index (χ3v) is 7.59. The van der Waals surface area contributed by atoms with E-state index in [-0.39, 0.29) is 0 Å².